The first-order chi connectivity index (χ1) is 13.2. The molecule has 0 spiro atoms. The third-order valence-electron chi connectivity index (χ3n) is 4.12. The van der Waals surface area contributed by atoms with Crippen LogP contribution in [0.25, 0.3) is 0 Å². The molecule has 1 aliphatic carbocycles. The molecule has 0 unspecified atom stereocenters. The van der Waals surface area contributed by atoms with E-state index < -0.39 is 5.91 Å². The number of hydrogen-bond donors (Lipinski definition) is 3. The molecule has 1 fully saturated rings. The van der Waals surface area contributed by atoms with Gasteiger partial charge in [-0.25, -0.2) is 0 Å². The van der Waals surface area contributed by atoms with Gasteiger partial charge in [-0.1, -0.05) is 12.1 Å². The third kappa shape index (κ3) is 9.84. The Morgan fingerprint density at radius 3 is 2.70 bits per heavy atom. The summed E-state index contributed by atoms with van der Waals surface area (Å²) in [5, 5.41) is 6.61. The van der Waals surface area contributed by atoms with Gasteiger partial charge in [0.05, 0.1) is 0 Å². The Balaban J connectivity index is 1.63. The van der Waals surface area contributed by atoms with Gasteiger partial charge >= 0.3 is 0 Å². The lowest BCUT2D eigenvalue weighted by molar-refractivity contribution is -0.119. The minimum atomic E-state index is -0.479. The van der Waals surface area contributed by atoms with Crippen molar-refractivity contribution in [1.29, 1.82) is 0 Å². The number of carbonyl (C=O) groups excluding carboxylic acids is 1. The van der Waals surface area contributed by atoms with E-state index in [9.17, 15) is 4.79 Å². The molecule has 7 heteroatoms. The van der Waals surface area contributed by atoms with E-state index in [1.54, 1.807) is 0 Å². The summed E-state index contributed by atoms with van der Waals surface area (Å²) in [6.45, 7) is 6.01. The van der Waals surface area contributed by atoms with Crippen molar-refractivity contribution >= 4 is 11.9 Å². The van der Waals surface area contributed by atoms with Crippen LogP contribution in [0.3, 0.4) is 0 Å². The van der Waals surface area contributed by atoms with E-state index >= 15 is 0 Å². The van der Waals surface area contributed by atoms with Crippen LogP contribution < -0.4 is 21.1 Å². The second kappa shape index (κ2) is 12.2. The van der Waals surface area contributed by atoms with Crippen molar-refractivity contribution in [2.24, 2.45) is 16.6 Å². The van der Waals surface area contributed by atoms with Crippen molar-refractivity contribution in [3.8, 4) is 5.75 Å². The van der Waals surface area contributed by atoms with Crippen LogP contribution in [0.5, 0.6) is 5.75 Å². The molecule has 0 bridgehead atoms. The van der Waals surface area contributed by atoms with Gasteiger partial charge in [-0.05, 0) is 56.2 Å². The average molecular weight is 377 g/mol. The number of primary amides is 1. The van der Waals surface area contributed by atoms with Gasteiger partial charge < -0.3 is 25.8 Å². The molecule has 0 aliphatic heterocycles. The van der Waals surface area contributed by atoms with Gasteiger partial charge in [0.25, 0.3) is 5.91 Å². The number of nitrogens with two attached hydrogens (primary N) is 1. The number of rotatable bonds is 13. The van der Waals surface area contributed by atoms with Crippen molar-refractivity contribution in [3.63, 3.8) is 0 Å². The summed E-state index contributed by atoms with van der Waals surface area (Å²) in [6.07, 6.45) is 4.46. The molecule has 0 saturated heterocycles. The molecule has 1 aliphatic rings. The zero-order valence-electron chi connectivity index (χ0n) is 16.2. The van der Waals surface area contributed by atoms with Gasteiger partial charge in [0.15, 0.2) is 12.6 Å². The van der Waals surface area contributed by atoms with Crippen LogP contribution in [-0.4, -0.2) is 51.3 Å². The van der Waals surface area contributed by atoms with E-state index in [0.29, 0.717) is 5.75 Å². The number of aliphatic imine (C=N–C) groups is 1. The molecule has 7 nitrogen and oxygen atoms in total. The molecule has 1 amide bonds. The molecule has 0 aromatic heterocycles. The summed E-state index contributed by atoms with van der Waals surface area (Å²) in [4.78, 5) is 15.3. The first-order valence-corrected chi connectivity index (χ1v) is 9.77. The topological polar surface area (TPSA) is 98.0 Å². The predicted octanol–water partition coefficient (Wildman–Crippen LogP) is 1.47. The first-order valence-electron chi connectivity index (χ1n) is 9.77. The Kier molecular flexibility index (Phi) is 9.48. The molecule has 1 aromatic rings. The normalized spacial score (nSPS) is 14.0. The van der Waals surface area contributed by atoms with Gasteiger partial charge in [-0.3, -0.25) is 9.79 Å². The molecule has 1 aromatic carbocycles. The maximum absolute atomic E-state index is 10.7. The van der Waals surface area contributed by atoms with Gasteiger partial charge in [-0.2, -0.15) is 0 Å². The molecule has 2 rings (SSSR count). The van der Waals surface area contributed by atoms with Gasteiger partial charge in [0.1, 0.15) is 5.75 Å². The minimum Gasteiger partial charge on any atom is -0.484 e. The average Bonchev–Trinajstić information content (AvgIpc) is 3.48. The molecule has 0 heterocycles. The van der Waals surface area contributed by atoms with E-state index in [2.05, 4.69) is 22.5 Å². The van der Waals surface area contributed by atoms with Crippen LogP contribution in [0, 0.1) is 5.92 Å². The summed E-state index contributed by atoms with van der Waals surface area (Å²) < 4.78 is 10.9. The molecule has 1 saturated carbocycles. The van der Waals surface area contributed by atoms with Crippen LogP contribution in [0.2, 0.25) is 0 Å². The van der Waals surface area contributed by atoms with Gasteiger partial charge in [0.2, 0.25) is 0 Å². The Morgan fingerprint density at radius 2 is 2.04 bits per heavy atom. The standard InChI is InChI=1S/C20H32N4O3/c1-2-22-20(23-11-3-13-26-14-17-4-5-17)24-12-10-16-6-8-18(9-7-16)27-15-19(21)25/h6-9,17H,2-5,10-15H2,1H3,(H2,21,25)(H2,22,23,24). The van der Waals surface area contributed by atoms with E-state index in [-0.39, 0.29) is 6.61 Å². The van der Waals surface area contributed by atoms with E-state index in [1.807, 2.05) is 24.3 Å². The number of amides is 1. The fourth-order valence-corrected chi connectivity index (χ4v) is 2.47. The molecule has 4 N–H and O–H groups in total. The second-order valence-corrected chi connectivity index (χ2v) is 6.71. The highest BCUT2D eigenvalue weighted by Gasteiger charge is 2.20. The number of hydrogen-bond acceptors (Lipinski definition) is 4. The fourth-order valence-electron chi connectivity index (χ4n) is 2.47. The maximum atomic E-state index is 10.7. The van der Waals surface area contributed by atoms with Crippen molar-refractivity contribution in [2.75, 3.05) is 39.5 Å². The summed E-state index contributed by atoms with van der Waals surface area (Å²) in [6, 6.07) is 7.66. The highest BCUT2D eigenvalue weighted by atomic mass is 16.5. The Labute approximate surface area is 161 Å². The zero-order valence-corrected chi connectivity index (χ0v) is 16.2. The van der Waals surface area contributed by atoms with E-state index in [4.69, 9.17) is 15.2 Å². The predicted molar refractivity (Wildman–Crippen MR) is 107 cm³/mol. The third-order valence-corrected chi connectivity index (χ3v) is 4.12. The smallest absolute Gasteiger partial charge is 0.255 e. The second-order valence-electron chi connectivity index (χ2n) is 6.71. The molecular weight excluding hydrogens is 344 g/mol. The number of ether oxygens (including phenoxy) is 2. The van der Waals surface area contributed by atoms with Crippen LogP contribution in [0.4, 0.5) is 0 Å². The quantitative estimate of drug-likeness (QED) is 0.275. The van der Waals surface area contributed by atoms with E-state index in [1.165, 1.54) is 18.4 Å². The van der Waals surface area contributed by atoms with E-state index in [0.717, 1.165) is 57.6 Å². The van der Waals surface area contributed by atoms with Crippen molar-refractivity contribution < 1.29 is 14.3 Å². The summed E-state index contributed by atoms with van der Waals surface area (Å²) in [5.74, 6) is 1.81. The van der Waals surface area contributed by atoms with Crippen molar-refractivity contribution in [1.82, 2.24) is 10.6 Å². The minimum absolute atomic E-state index is 0.102. The lowest BCUT2D eigenvalue weighted by Crippen LogP contribution is -2.38. The van der Waals surface area contributed by atoms with Crippen LogP contribution in [-0.2, 0) is 16.0 Å². The van der Waals surface area contributed by atoms with Crippen LogP contribution in [0.1, 0.15) is 31.7 Å². The Morgan fingerprint density at radius 1 is 1.26 bits per heavy atom. The molecule has 27 heavy (non-hydrogen) atoms. The number of nitrogens with one attached hydrogen (secondary N) is 2. The Hall–Kier alpha value is -2.28. The molecule has 0 radical (unpaired) electrons. The van der Waals surface area contributed by atoms with Crippen LogP contribution in [0.15, 0.2) is 29.3 Å². The first kappa shape index (κ1) is 21.0. The lowest BCUT2D eigenvalue weighted by atomic mass is 10.1. The van der Waals surface area contributed by atoms with Crippen molar-refractivity contribution in [2.45, 2.75) is 32.6 Å². The van der Waals surface area contributed by atoms with Gasteiger partial charge in [-0.15, -0.1) is 0 Å². The number of carbonyl (C=O) groups is 1. The van der Waals surface area contributed by atoms with Gasteiger partial charge in [0, 0.05) is 32.8 Å². The van der Waals surface area contributed by atoms with Crippen molar-refractivity contribution in [3.05, 3.63) is 29.8 Å². The SMILES string of the molecule is CCNC(=NCCCOCC1CC1)NCCc1ccc(OCC(N)=O)cc1. The molecular formula is C20H32N4O3. The number of nitrogens with zero attached hydrogens (tertiary/aromatic N) is 1. The fraction of sp³-hybridized carbons (Fsp3) is 0.600. The van der Waals surface area contributed by atoms with Crippen LogP contribution >= 0.6 is 0 Å². The number of benzene rings is 1. The Bertz CT molecular complexity index is 585. The zero-order chi connectivity index (χ0) is 19.3. The monoisotopic (exact) mass is 376 g/mol. The highest BCUT2D eigenvalue weighted by Crippen LogP contribution is 2.28. The lowest BCUT2D eigenvalue weighted by Gasteiger charge is -2.11. The molecule has 150 valence electrons. The summed E-state index contributed by atoms with van der Waals surface area (Å²) >= 11 is 0. The molecule has 0 atom stereocenters. The summed E-state index contributed by atoms with van der Waals surface area (Å²) in [5.41, 5.74) is 6.24. The highest BCUT2D eigenvalue weighted by molar-refractivity contribution is 5.79. The summed E-state index contributed by atoms with van der Waals surface area (Å²) in [7, 11) is 0. The largest absolute Gasteiger partial charge is 0.484 e. The maximum Gasteiger partial charge on any atom is 0.255 e. The number of guanidine groups is 1.